The van der Waals surface area contributed by atoms with Crippen molar-refractivity contribution < 1.29 is 18.3 Å². The Balaban J connectivity index is 1.43. The van der Waals surface area contributed by atoms with Crippen LogP contribution in [0.25, 0.3) is 16.6 Å². The fraction of sp³-hybridized carbons (Fsp3) is 0.269. The predicted molar refractivity (Wildman–Crippen MR) is 135 cm³/mol. The van der Waals surface area contributed by atoms with Crippen molar-refractivity contribution in [3.8, 4) is 11.4 Å². The monoisotopic (exact) mass is 506 g/mol. The Kier molecular flexibility index (Phi) is 5.45. The molecule has 190 valence electrons. The second kappa shape index (κ2) is 8.70. The standard InChI is InChI=1S/C26H24F2N6O3/c1-32-13-17-22(31-32)19(28)10-20(23(17)34-12-14-9-15(34)11-29-14)30-25(35)16-5-4-8-33(26(16)36)24-18(27)6-3-7-21(24)37-2/h3-8,10,13-15,29H,9,11-12H2,1-2H3,(H,30,35)/t14-,15-/m1/s1. The summed E-state index contributed by atoms with van der Waals surface area (Å²) in [4.78, 5) is 28.9. The summed E-state index contributed by atoms with van der Waals surface area (Å²) in [5.74, 6) is -1.86. The lowest BCUT2D eigenvalue weighted by molar-refractivity contribution is 0.102. The average molecular weight is 507 g/mol. The molecule has 37 heavy (non-hydrogen) atoms. The normalized spacial score (nSPS) is 18.5. The summed E-state index contributed by atoms with van der Waals surface area (Å²) < 4.78 is 37.5. The molecule has 0 saturated carbocycles. The number of carbonyl (C=O) groups is 1. The van der Waals surface area contributed by atoms with Crippen molar-refractivity contribution in [2.45, 2.75) is 18.5 Å². The number of methoxy groups -OCH3 is 1. The summed E-state index contributed by atoms with van der Waals surface area (Å²) in [6.45, 7) is 1.49. The molecule has 2 saturated heterocycles. The van der Waals surface area contributed by atoms with Gasteiger partial charge in [-0.25, -0.2) is 8.78 Å². The van der Waals surface area contributed by atoms with Gasteiger partial charge in [-0.05, 0) is 30.7 Å². The number of nitrogens with one attached hydrogen (secondary N) is 2. The highest BCUT2D eigenvalue weighted by Crippen LogP contribution is 2.41. The van der Waals surface area contributed by atoms with E-state index in [1.807, 2.05) is 0 Å². The summed E-state index contributed by atoms with van der Waals surface area (Å²) in [7, 11) is 3.08. The van der Waals surface area contributed by atoms with E-state index in [1.165, 1.54) is 54.4 Å². The number of rotatable bonds is 5. The molecule has 2 fully saturated rings. The predicted octanol–water partition coefficient (Wildman–Crippen LogP) is 2.81. The van der Waals surface area contributed by atoms with Crippen LogP contribution in [0.15, 0.2) is 53.6 Å². The van der Waals surface area contributed by atoms with E-state index < -0.39 is 23.1 Å². The number of halogens is 2. The van der Waals surface area contributed by atoms with E-state index in [1.54, 1.807) is 13.2 Å². The number of hydrogen-bond donors (Lipinski definition) is 2. The zero-order valence-electron chi connectivity index (χ0n) is 20.2. The molecule has 2 aliphatic heterocycles. The Labute approximate surface area is 210 Å². The quantitative estimate of drug-likeness (QED) is 0.433. The molecule has 4 heterocycles. The molecule has 11 heteroatoms. The van der Waals surface area contributed by atoms with E-state index in [2.05, 4.69) is 20.6 Å². The molecular formula is C26H24F2N6O3. The number of carbonyl (C=O) groups excluding carboxylic acids is 1. The molecule has 1 amide bonds. The SMILES string of the molecule is COc1cccc(F)c1-n1cccc(C(=O)Nc2cc(F)c3nn(C)cc3c2N2C[C@H]3C[C@@H]2CN3)c1=O. The number of amides is 1. The number of nitrogens with zero attached hydrogens (tertiary/aromatic N) is 4. The van der Waals surface area contributed by atoms with Gasteiger partial charge in [-0.3, -0.25) is 18.8 Å². The number of piperazine rings is 1. The molecule has 2 bridgehead atoms. The maximum Gasteiger partial charge on any atom is 0.268 e. The van der Waals surface area contributed by atoms with Crippen LogP contribution in [0.1, 0.15) is 16.8 Å². The second-order valence-electron chi connectivity index (χ2n) is 9.31. The number of aryl methyl sites for hydroxylation is 1. The molecule has 0 radical (unpaired) electrons. The number of pyridine rings is 1. The average Bonchev–Trinajstić information content (AvgIpc) is 3.60. The number of hydrogen-bond acceptors (Lipinski definition) is 6. The highest BCUT2D eigenvalue weighted by atomic mass is 19.1. The van der Waals surface area contributed by atoms with Crippen LogP contribution in [0.3, 0.4) is 0 Å². The molecule has 2 aromatic heterocycles. The van der Waals surface area contributed by atoms with Crippen molar-refractivity contribution in [3.63, 3.8) is 0 Å². The van der Waals surface area contributed by atoms with Crippen molar-refractivity contribution >= 4 is 28.2 Å². The van der Waals surface area contributed by atoms with E-state index in [-0.39, 0.29) is 34.2 Å². The third-order valence-electron chi connectivity index (χ3n) is 7.03. The topological polar surface area (TPSA) is 93.4 Å². The number of aromatic nitrogens is 3. The summed E-state index contributed by atoms with van der Waals surface area (Å²) in [5, 5.41) is 11.0. The van der Waals surface area contributed by atoms with E-state index >= 15 is 4.39 Å². The minimum Gasteiger partial charge on any atom is -0.494 e. The van der Waals surface area contributed by atoms with Gasteiger partial charge in [0.1, 0.15) is 22.5 Å². The Morgan fingerprint density at radius 2 is 2.03 bits per heavy atom. The number of benzene rings is 2. The lowest BCUT2D eigenvalue weighted by atomic mass is 10.1. The van der Waals surface area contributed by atoms with Gasteiger partial charge in [-0.2, -0.15) is 5.10 Å². The van der Waals surface area contributed by atoms with Gasteiger partial charge in [0, 0.05) is 56.1 Å². The lowest BCUT2D eigenvalue weighted by Gasteiger charge is -2.31. The van der Waals surface area contributed by atoms with Crippen LogP contribution < -0.4 is 25.8 Å². The molecule has 4 aromatic rings. The first-order valence-electron chi connectivity index (χ1n) is 11.9. The minimum atomic E-state index is -0.739. The van der Waals surface area contributed by atoms with Gasteiger partial charge >= 0.3 is 0 Å². The number of anilines is 2. The number of para-hydroxylation sites is 1. The maximum atomic E-state index is 15.1. The van der Waals surface area contributed by atoms with E-state index in [9.17, 15) is 14.0 Å². The molecular weight excluding hydrogens is 482 g/mol. The molecule has 2 aromatic carbocycles. The molecule has 9 nitrogen and oxygen atoms in total. The van der Waals surface area contributed by atoms with Crippen LogP contribution in [0, 0.1) is 11.6 Å². The van der Waals surface area contributed by atoms with Crippen molar-refractivity contribution in [3.05, 3.63) is 76.3 Å². The van der Waals surface area contributed by atoms with Gasteiger partial charge in [0.05, 0.1) is 18.5 Å². The first-order chi connectivity index (χ1) is 17.9. The largest absolute Gasteiger partial charge is 0.494 e. The Bertz CT molecular complexity index is 1610. The summed E-state index contributed by atoms with van der Waals surface area (Å²) in [6.07, 6.45) is 4.03. The Hall–Kier alpha value is -4.25. The van der Waals surface area contributed by atoms with Crippen LogP contribution in [0.4, 0.5) is 20.2 Å². The summed E-state index contributed by atoms with van der Waals surface area (Å²) in [5.41, 5.74) is 0.0498. The molecule has 2 N–H and O–H groups in total. The van der Waals surface area contributed by atoms with Gasteiger partial charge < -0.3 is 20.3 Å². The van der Waals surface area contributed by atoms with Crippen LogP contribution in [0.5, 0.6) is 5.75 Å². The van der Waals surface area contributed by atoms with Gasteiger partial charge in [-0.15, -0.1) is 0 Å². The van der Waals surface area contributed by atoms with Gasteiger partial charge in [0.15, 0.2) is 11.6 Å². The summed E-state index contributed by atoms with van der Waals surface area (Å²) in [6, 6.07) is 8.75. The van der Waals surface area contributed by atoms with E-state index in [4.69, 9.17) is 4.74 Å². The minimum absolute atomic E-state index is 0.103. The fourth-order valence-electron chi connectivity index (χ4n) is 5.41. The molecule has 2 atom stereocenters. The number of ether oxygens (including phenoxy) is 1. The van der Waals surface area contributed by atoms with Crippen LogP contribution in [-0.2, 0) is 7.05 Å². The van der Waals surface area contributed by atoms with Gasteiger partial charge in [0.2, 0.25) is 0 Å². The van der Waals surface area contributed by atoms with Crippen LogP contribution >= 0.6 is 0 Å². The maximum absolute atomic E-state index is 15.1. The van der Waals surface area contributed by atoms with Gasteiger partial charge in [-0.1, -0.05) is 6.07 Å². The first kappa shape index (κ1) is 23.2. The third-order valence-corrected chi connectivity index (χ3v) is 7.03. The van der Waals surface area contributed by atoms with Crippen LogP contribution in [0.2, 0.25) is 0 Å². The molecule has 0 spiro atoms. The Morgan fingerprint density at radius 3 is 2.76 bits per heavy atom. The van der Waals surface area contributed by atoms with Crippen molar-refractivity contribution in [2.75, 3.05) is 30.4 Å². The molecule has 6 rings (SSSR count). The fourth-order valence-corrected chi connectivity index (χ4v) is 5.41. The lowest BCUT2D eigenvalue weighted by Crippen LogP contribution is -2.44. The van der Waals surface area contributed by atoms with Gasteiger partial charge in [0.25, 0.3) is 11.5 Å². The zero-order chi connectivity index (χ0) is 25.8. The Morgan fingerprint density at radius 1 is 1.19 bits per heavy atom. The van der Waals surface area contributed by atoms with Crippen LogP contribution in [-0.4, -0.2) is 52.5 Å². The second-order valence-corrected chi connectivity index (χ2v) is 9.31. The van der Waals surface area contributed by atoms with E-state index in [0.29, 0.717) is 23.7 Å². The first-order valence-corrected chi connectivity index (χ1v) is 11.9. The molecule has 0 unspecified atom stereocenters. The highest BCUT2D eigenvalue weighted by molar-refractivity contribution is 6.09. The van der Waals surface area contributed by atoms with Crippen molar-refractivity contribution in [1.29, 1.82) is 0 Å². The smallest absolute Gasteiger partial charge is 0.268 e. The number of fused-ring (bicyclic) bond motifs is 3. The molecule has 2 aliphatic rings. The third kappa shape index (κ3) is 3.73. The zero-order valence-corrected chi connectivity index (χ0v) is 20.2. The molecule has 0 aliphatic carbocycles. The highest BCUT2D eigenvalue weighted by Gasteiger charge is 2.40. The summed E-state index contributed by atoms with van der Waals surface area (Å²) >= 11 is 0. The van der Waals surface area contributed by atoms with Crippen molar-refractivity contribution in [1.82, 2.24) is 19.7 Å². The van der Waals surface area contributed by atoms with Crippen molar-refractivity contribution in [2.24, 2.45) is 7.05 Å². The van der Waals surface area contributed by atoms with E-state index in [0.717, 1.165) is 17.5 Å².